The van der Waals surface area contributed by atoms with Gasteiger partial charge < -0.3 is 15.0 Å². The van der Waals surface area contributed by atoms with Gasteiger partial charge in [0.25, 0.3) is 0 Å². The summed E-state index contributed by atoms with van der Waals surface area (Å²) in [5.74, 6) is 1.53. The van der Waals surface area contributed by atoms with Crippen molar-refractivity contribution < 1.29 is 9.53 Å². The van der Waals surface area contributed by atoms with Crippen LogP contribution < -0.4 is 5.32 Å². The van der Waals surface area contributed by atoms with Crippen LogP contribution in [0.4, 0.5) is 0 Å². The fraction of sp³-hybridized carbons (Fsp3) is 0.938. The van der Waals surface area contributed by atoms with Gasteiger partial charge in [0.15, 0.2) is 0 Å². The van der Waals surface area contributed by atoms with Crippen molar-refractivity contribution >= 4 is 5.91 Å². The van der Waals surface area contributed by atoms with E-state index in [2.05, 4.69) is 17.1 Å². The second kappa shape index (κ2) is 6.44. The number of hydrogen-bond acceptors (Lipinski definition) is 3. The van der Waals surface area contributed by atoms with Gasteiger partial charge in [-0.1, -0.05) is 0 Å². The monoisotopic (exact) mass is 280 g/mol. The molecule has 3 unspecified atom stereocenters. The Kier molecular flexibility index (Phi) is 4.61. The van der Waals surface area contributed by atoms with Gasteiger partial charge in [0.2, 0.25) is 5.91 Å². The fourth-order valence-electron chi connectivity index (χ4n) is 4.16. The molecule has 3 saturated heterocycles. The highest BCUT2D eigenvalue weighted by atomic mass is 16.5. The molecule has 0 aromatic rings. The van der Waals surface area contributed by atoms with Crippen molar-refractivity contribution in [2.24, 2.45) is 11.8 Å². The lowest BCUT2D eigenvalue weighted by atomic mass is 9.89. The second-order valence-electron chi connectivity index (χ2n) is 6.84. The van der Waals surface area contributed by atoms with Crippen LogP contribution in [0.15, 0.2) is 0 Å². The van der Waals surface area contributed by atoms with Crippen LogP contribution in [0.3, 0.4) is 0 Å². The van der Waals surface area contributed by atoms with Crippen LogP contribution in [0.5, 0.6) is 0 Å². The van der Waals surface area contributed by atoms with Gasteiger partial charge in [-0.05, 0) is 44.9 Å². The summed E-state index contributed by atoms with van der Waals surface area (Å²) < 4.78 is 5.42. The second-order valence-corrected chi connectivity index (χ2v) is 6.84. The number of rotatable bonds is 5. The molecule has 1 amide bonds. The summed E-state index contributed by atoms with van der Waals surface area (Å²) >= 11 is 0. The Morgan fingerprint density at radius 3 is 2.55 bits per heavy atom. The van der Waals surface area contributed by atoms with Crippen LogP contribution in [0.1, 0.15) is 45.4 Å². The van der Waals surface area contributed by atoms with Crippen LogP contribution in [0.25, 0.3) is 0 Å². The first-order valence-corrected chi connectivity index (χ1v) is 8.36. The Labute approximate surface area is 122 Å². The molecule has 0 radical (unpaired) electrons. The van der Waals surface area contributed by atoms with Crippen LogP contribution >= 0.6 is 0 Å². The molecule has 4 nitrogen and oxygen atoms in total. The number of carbonyl (C=O) groups is 1. The quantitative estimate of drug-likeness (QED) is 0.835. The third-order valence-electron chi connectivity index (χ3n) is 5.27. The number of fused-ring (bicyclic) bond motifs is 2. The molecule has 3 heterocycles. The maximum Gasteiger partial charge on any atom is 0.222 e. The lowest BCUT2D eigenvalue weighted by molar-refractivity contribution is -0.133. The van der Waals surface area contributed by atoms with Gasteiger partial charge in [0.1, 0.15) is 0 Å². The standard InChI is InChI=1S/C16H28N2O2/c1-2-18(10-12-5-6-20-11-12)16(19)9-13-7-14-3-4-15(8-13)17-14/h12-15,17H,2-11H2,1H3. The molecule has 3 aliphatic rings. The zero-order valence-corrected chi connectivity index (χ0v) is 12.6. The number of carbonyl (C=O) groups excluding carboxylic acids is 1. The lowest BCUT2D eigenvalue weighted by Gasteiger charge is -2.31. The SMILES string of the molecule is CCN(CC1CCOC1)C(=O)CC1CC2CCC(C1)N2. The Bertz CT molecular complexity index is 329. The van der Waals surface area contributed by atoms with E-state index in [1.165, 1.54) is 25.7 Å². The van der Waals surface area contributed by atoms with Gasteiger partial charge in [0.05, 0.1) is 6.61 Å². The Morgan fingerprint density at radius 2 is 1.95 bits per heavy atom. The third-order valence-corrected chi connectivity index (χ3v) is 5.27. The molecule has 0 spiro atoms. The van der Waals surface area contributed by atoms with Gasteiger partial charge in [0, 0.05) is 44.1 Å². The maximum atomic E-state index is 12.5. The summed E-state index contributed by atoms with van der Waals surface area (Å²) in [6, 6.07) is 1.37. The van der Waals surface area contributed by atoms with Crippen molar-refractivity contribution in [1.82, 2.24) is 10.2 Å². The van der Waals surface area contributed by atoms with E-state index in [0.29, 0.717) is 29.8 Å². The summed E-state index contributed by atoms with van der Waals surface area (Å²) in [6.45, 7) is 5.54. The molecule has 2 bridgehead atoms. The molecular weight excluding hydrogens is 252 g/mol. The zero-order chi connectivity index (χ0) is 13.9. The van der Waals surface area contributed by atoms with Crippen molar-refractivity contribution in [3.05, 3.63) is 0 Å². The summed E-state index contributed by atoms with van der Waals surface area (Å²) in [6.07, 6.45) is 6.90. The Morgan fingerprint density at radius 1 is 1.20 bits per heavy atom. The van der Waals surface area contributed by atoms with Crippen molar-refractivity contribution in [3.8, 4) is 0 Å². The highest BCUT2D eigenvalue weighted by molar-refractivity contribution is 5.76. The van der Waals surface area contributed by atoms with Gasteiger partial charge in [-0.25, -0.2) is 0 Å². The normalized spacial score (nSPS) is 36.2. The van der Waals surface area contributed by atoms with Crippen molar-refractivity contribution in [3.63, 3.8) is 0 Å². The molecule has 114 valence electrons. The van der Waals surface area contributed by atoms with E-state index in [4.69, 9.17) is 4.74 Å². The van der Waals surface area contributed by atoms with E-state index in [1.807, 2.05) is 0 Å². The van der Waals surface area contributed by atoms with Crippen molar-refractivity contribution in [2.75, 3.05) is 26.3 Å². The van der Waals surface area contributed by atoms with Crippen LogP contribution in [0, 0.1) is 11.8 Å². The molecule has 1 N–H and O–H groups in total. The summed E-state index contributed by atoms with van der Waals surface area (Å²) in [4.78, 5) is 14.6. The fourth-order valence-corrected chi connectivity index (χ4v) is 4.16. The molecule has 3 atom stereocenters. The molecular formula is C16H28N2O2. The minimum atomic E-state index is 0.366. The first-order valence-electron chi connectivity index (χ1n) is 8.36. The minimum absolute atomic E-state index is 0.366. The van der Waals surface area contributed by atoms with E-state index in [9.17, 15) is 4.79 Å². The average molecular weight is 280 g/mol. The van der Waals surface area contributed by atoms with E-state index in [0.717, 1.165) is 39.1 Å². The van der Waals surface area contributed by atoms with E-state index in [1.54, 1.807) is 0 Å². The van der Waals surface area contributed by atoms with Gasteiger partial charge in [-0.15, -0.1) is 0 Å². The number of nitrogens with one attached hydrogen (secondary N) is 1. The summed E-state index contributed by atoms with van der Waals surface area (Å²) in [7, 11) is 0. The third kappa shape index (κ3) is 3.34. The number of nitrogens with zero attached hydrogens (tertiary/aromatic N) is 1. The lowest BCUT2D eigenvalue weighted by Crippen LogP contribution is -2.41. The number of hydrogen-bond donors (Lipinski definition) is 1. The molecule has 0 aromatic carbocycles. The summed E-state index contributed by atoms with van der Waals surface area (Å²) in [5, 5.41) is 3.65. The van der Waals surface area contributed by atoms with Crippen LogP contribution in [-0.2, 0) is 9.53 Å². The zero-order valence-electron chi connectivity index (χ0n) is 12.6. The number of amides is 1. The summed E-state index contributed by atoms with van der Waals surface area (Å²) in [5.41, 5.74) is 0. The Hall–Kier alpha value is -0.610. The molecule has 3 rings (SSSR count). The predicted molar refractivity (Wildman–Crippen MR) is 78.5 cm³/mol. The maximum absolute atomic E-state index is 12.5. The molecule has 3 aliphatic heterocycles. The van der Waals surface area contributed by atoms with Crippen molar-refractivity contribution in [2.45, 2.75) is 57.5 Å². The van der Waals surface area contributed by atoms with Crippen LogP contribution in [0.2, 0.25) is 0 Å². The van der Waals surface area contributed by atoms with Gasteiger partial charge in [-0.3, -0.25) is 4.79 Å². The number of piperidine rings is 1. The molecule has 3 fully saturated rings. The first kappa shape index (κ1) is 14.3. The number of ether oxygens (including phenoxy) is 1. The van der Waals surface area contributed by atoms with E-state index < -0.39 is 0 Å². The van der Waals surface area contributed by atoms with Crippen LogP contribution in [-0.4, -0.2) is 49.2 Å². The van der Waals surface area contributed by atoms with E-state index in [-0.39, 0.29) is 0 Å². The topological polar surface area (TPSA) is 41.6 Å². The molecule has 0 aliphatic carbocycles. The highest BCUT2D eigenvalue weighted by Gasteiger charge is 2.35. The molecule has 0 aromatic heterocycles. The predicted octanol–water partition coefficient (Wildman–Crippen LogP) is 1.79. The van der Waals surface area contributed by atoms with Crippen molar-refractivity contribution in [1.29, 1.82) is 0 Å². The first-order chi connectivity index (χ1) is 9.74. The van der Waals surface area contributed by atoms with Gasteiger partial charge >= 0.3 is 0 Å². The van der Waals surface area contributed by atoms with E-state index >= 15 is 0 Å². The minimum Gasteiger partial charge on any atom is -0.381 e. The van der Waals surface area contributed by atoms with Gasteiger partial charge in [-0.2, -0.15) is 0 Å². The highest BCUT2D eigenvalue weighted by Crippen LogP contribution is 2.33. The Balaban J connectivity index is 1.48. The molecule has 20 heavy (non-hydrogen) atoms. The largest absolute Gasteiger partial charge is 0.381 e. The molecule has 0 saturated carbocycles. The molecule has 4 heteroatoms. The average Bonchev–Trinajstić information content (AvgIpc) is 3.06. The smallest absolute Gasteiger partial charge is 0.222 e.